The van der Waals surface area contributed by atoms with E-state index in [0.29, 0.717) is 35.7 Å². The number of hydrogen-bond donors (Lipinski definition) is 0. The molecule has 34 heavy (non-hydrogen) atoms. The van der Waals surface area contributed by atoms with Gasteiger partial charge >= 0.3 is 0 Å². The van der Waals surface area contributed by atoms with Gasteiger partial charge in [0, 0.05) is 43.9 Å². The van der Waals surface area contributed by atoms with Crippen molar-refractivity contribution in [2.24, 2.45) is 7.05 Å². The van der Waals surface area contributed by atoms with Gasteiger partial charge in [-0.05, 0) is 37.6 Å². The van der Waals surface area contributed by atoms with E-state index in [1.165, 1.54) is 0 Å². The summed E-state index contributed by atoms with van der Waals surface area (Å²) in [5.41, 5.74) is 4.16. The fraction of sp³-hybridized carbons (Fsp3) is 0.292. The number of aromatic nitrogens is 7. The van der Waals surface area contributed by atoms with E-state index >= 15 is 0 Å². The Morgan fingerprint density at radius 3 is 2.71 bits per heavy atom. The minimum absolute atomic E-state index is 0.174. The minimum atomic E-state index is -0.367. The lowest BCUT2D eigenvalue weighted by Crippen LogP contribution is -2.25. The number of methoxy groups -OCH3 is 1. The number of pyridine rings is 3. The summed E-state index contributed by atoms with van der Waals surface area (Å²) in [6.07, 6.45) is 9.12. The third kappa shape index (κ3) is 3.81. The molecule has 0 spiro atoms. The van der Waals surface area contributed by atoms with E-state index in [4.69, 9.17) is 9.47 Å². The second-order valence-electron chi connectivity index (χ2n) is 8.22. The highest BCUT2D eigenvalue weighted by Crippen LogP contribution is 2.25. The molecule has 174 valence electrons. The van der Waals surface area contributed by atoms with E-state index < -0.39 is 0 Å². The Morgan fingerprint density at radius 1 is 1.09 bits per heavy atom. The summed E-state index contributed by atoms with van der Waals surface area (Å²) in [6.45, 7) is 4.76. The number of aryl methyl sites for hydroxylation is 2. The molecular formula is C24H25N7O3. The molecule has 0 radical (unpaired) electrons. The van der Waals surface area contributed by atoms with Crippen LogP contribution >= 0.6 is 0 Å². The van der Waals surface area contributed by atoms with Gasteiger partial charge in [-0.3, -0.25) is 18.9 Å². The average molecular weight is 460 g/mol. The van der Waals surface area contributed by atoms with Crippen molar-refractivity contribution >= 4 is 16.6 Å². The molecule has 5 aromatic rings. The van der Waals surface area contributed by atoms with Gasteiger partial charge in [-0.2, -0.15) is 5.10 Å². The lowest BCUT2D eigenvalue weighted by molar-refractivity contribution is 0.146. The number of ether oxygens (including phenoxy) is 2. The number of hydrogen-bond acceptors (Lipinski definition) is 7. The zero-order valence-electron chi connectivity index (χ0n) is 19.5. The van der Waals surface area contributed by atoms with Crippen LogP contribution in [0.5, 0.6) is 5.75 Å². The van der Waals surface area contributed by atoms with Crippen LogP contribution in [0.3, 0.4) is 0 Å². The van der Waals surface area contributed by atoms with Crippen molar-refractivity contribution in [1.82, 2.24) is 33.9 Å². The quantitative estimate of drug-likeness (QED) is 0.345. The number of fused-ring (bicyclic) bond motifs is 2. The maximum atomic E-state index is 13.4. The van der Waals surface area contributed by atoms with Crippen LogP contribution in [0.4, 0.5) is 0 Å². The first-order chi connectivity index (χ1) is 16.5. The third-order valence-corrected chi connectivity index (χ3v) is 5.85. The van der Waals surface area contributed by atoms with Crippen LogP contribution in [0.1, 0.15) is 24.4 Å². The molecule has 0 N–H and O–H groups in total. The molecule has 0 fully saturated rings. The van der Waals surface area contributed by atoms with E-state index in [2.05, 4.69) is 26.3 Å². The van der Waals surface area contributed by atoms with Crippen molar-refractivity contribution in [2.75, 3.05) is 20.3 Å². The molecular weight excluding hydrogens is 434 g/mol. The normalized spacial score (nSPS) is 12.5. The molecule has 0 saturated carbocycles. The molecule has 0 aliphatic heterocycles. The average Bonchev–Trinajstić information content (AvgIpc) is 3.46. The largest absolute Gasteiger partial charge is 0.490 e. The molecule has 0 unspecified atom stereocenters. The molecule has 0 aliphatic carbocycles. The lowest BCUT2D eigenvalue weighted by Gasteiger charge is -2.15. The van der Waals surface area contributed by atoms with Crippen molar-refractivity contribution in [3.05, 3.63) is 70.9 Å². The second kappa shape index (κ2) is 8.71. The zero-order valence-corrected chi connectivity index (χ0v) is 19.5. The Bertz CT molecular complexity index is 1550. The van der Waals surface area contributed by atoms with Crippen LogP contribution in [0.15, 0.2) is 54.0 Å². The van der Waals surface area contributed by atoms with Gasteiger partial charge in [-0.15, -0.1) is 10.2 Å². The van der Waals surface area contributed by atoms with Crippen LogP contribution in [0, 0.1) is 6.92 Å². The van der Waals surface area contributed by atoms with Crippen LogP contribution in [0.2, 0.25) is 0 Å². The predicted octanol–water partition coefficient (Wildman–Crippen LogP) is 2.78. The smallest absolute Gasteiger partial charge is 0.260 e. The van der Waals surface area contributed by atoms with Gasteiger partial charge in [-0.25, -0.2) is 0 Å². The molecule has 5 rings (SSSR count). The van der Waals surface area contributed by atoms with Crippen LogP contribution < -0.4 is 10.3 Å². The van der Waals surface area contributed by atoms with Crippen molar-refractivity contribution in [3.8, 4) is 16.9 Å². The second-order valence-corrected chi connectivity index (χ2v) is 8.22. The highest BCUT2D eigenvalue weighted by atomic mass is 16.5. The lowest BCUT2D eigenvalue weighted by atomic mass is 10.1. The fourth-order valence-corrected chi connectivity index (χ4v) is 4.06. The maximum absolute atomic E-state index is 13.4. The Balaban J connectivity index is 1.57. The molecule has 10 nitrogen and oxygen atoms in total. The summed E-state index contributed by atoms with van der Waals surface area (Å²) >= 11 is 0. The van der Waals surface area contributed by atoms with Gasteiger partial charge in [-0.1, -0.05) is 0 Å². The van der Waals surface area contributed by atoms with Gasteiger partial charge in [0.2, 0.25) is 0 Å². The van der Waals surface area contributed by atoms with Crippen molar-refractivity contribution in [1.29, 1.82) is 0 Å². The van der Waals surface area contributed by atoms with E-state index in [1.54, 1.807) is 34.8 Å². The summed E-state index contributed by atoms with van der Waals surface area (Å²) in [4.78, 5) is 17.8. The fourth-order valence-electron chi connectivity index (χ4n) is 4.06. The molecule has 0 bridgehead atoms. The summed E-state index contributed by atoms with van der Waals surface area (Å²) < 4.78 is 16.0. The molecule has 0 aliphatic rings. The van der Waals surface area contributed by atoms with Gasteiger partial charge in [0.15, 0.2) is 11.5 Å². The van der Waals surface area contributed by atoms with Crippen LogP contribution in [0.25, 0.3) is 27.7 Å². The topological polar surface area (TPSA) is 101 Å². The van der Waals surface area contributed by atoms with Gasteiger partial charge in [0.25, 0.3) is 5.56 Å². The van der Waals surface area contributed by atoms with Gasteiger partial charge in [0.05, 0.1) is 35.9 Å². The van der Waals surface area contributed by atoms with E-state index in [-0.39, 0.29) is 11.6 Å². The molecule has 0 aromatic carbocycles. The molecule has 1 atom stereocenters. The predicted molar refractivity (Wildman–Crippen MR) is 127 cm³/mol. The van der Waals surface area contributed by atoms with Gasteiger partial charge in [0.1, 0.15) is 12.4 Å². The van der Waals surface area contributed by atoms with Crippen molar-refractivity contribution in [2.45, 2.75) is 19.9 Å². The van der Waals surface area contributed by atoms with Crippen LogP contribution in [-0.2, 0) is 11.8 Å². The monoisotopic (exact) mass is 459 g/mol. The summed E-state index contributed by atoms with van der Waals surface area (Å²) in [5, 5.41) is 13.6. The van der Waals surface area contributed by atoms with Crippen LogP contribution in [-0.4, -0.2) is 54.3 Å². The first-order valence-corrected chi connectivity index (χ1v) is 10.9. The Morgan fingerprint density at radius 2 is 1.94 bits per heavy atom. The van der Waals surface area contributed by atoms with E-state index in [0.717, 1.165) is 22.3 Å². The van der Waals surface area contributed by atoms with Crippen molar-refractivity contribution in [3.63, 3.8) is 0 Å². The Kier molecular flexibility index (Phi) is 5.58. The highest BCUT2D eigenvalue weighted by Gasteiger charge is 2.19. The minimum Gasteiger partial charge on any atom is -0.490 e. The van der Waals surface area contributed by atoms with Crippen molar-refractivity contribution < 1.29 is 9.47 Å². The first kappa shape index (κ1) is 21.8. The molecule has 5 heterocycles. The van der Waals surface area contributed by atoms with Gasteiger partial charge < -0.3 is 14.0 Å². The SMILES string of the molecule is COCCOc1cnc2ccn([C@H](C)c3nnc4c(C)cc(-c5cnn(C)c5)cn34)c(=O)c2c1. The third-order valence-electron chi connectivity index (χ3n) is 5.85. The summed E-state index contributed by atoms with van der Waals surface area (Å²) in [5.74, 6) is 1.18. The van der Waals surface area contributed by atoms with E-state index in [9.17, 15) is 4.79 Å². The summed E-state index contributed by atoms with van der Waals surface area (Å²) in [7, 11) is 3.49. The Labute approximate surface area is 195 Å². The first-order valence-electron chi connectivity index (χ1n) is 10.9. The maximum Gasteiger partial charge on any atom is 0.260 e. The molecule has 5 aromatic heterocycles. The number of rotatable bonds is 7. The highest BCUT2D eigenvalue weighted by molar-refractivity contribution is 5.78. The zero-order chi connectivity index (χ0) is 23.8. The molecule has 10 heteroatoms. The summed E-state index contributed by atoms with van der Waals surface area (Å²) in [6, 6.07) is 5.24. The molecule has 0 amide bonds. The molecule has 0 saturated heterocycles. The Hall–Kier alpha value is -4.05. The number of nitrogens with zero attached hydrogens (tertiary/aromatic N) is 7. The van der Waals surface area contributed by atoms with E-state index in [1.807, 2.05) is 50.0 Å². The standard InChI is InChI=1S/C24H25N7O3/c1-15-9-17(18-11-26-29(3)13-18)14-31-22(15)27-28-23(31)16(2)30-6-5-21-20(24(30)32)10-19(12-25-21)34-8-7-33-4/h5-6,9-14,16H,7-8H2,1-4H3/t16-/m1/s1.